The summed E-state index contributed by atoms with van der Waals surface area (Å²) < 4.78 is 0. The molecule has 4 heteroatoms. The number of amides is 1. The molecule has 1 heterocycles. The molecule has 0 bridgehead atoms. The Morgan fingerprint density at radius 3 is 3.00 bits per heavy atom. The van der Waals surface area contributed by atoms with E-state index in [4.69, 9.17) is 11.6 Å². The van der Waals surface area contributed by atoms with Gasteiger partial charge in [-0.2, -0.15) is 0 Å². The highest BCUT2D eigenvalue weighted by Gasteiger charge is 2.11. The summed E-state index contributed by atoms with van der Waals surface area (Å²) in [5.74, 6) is -0.166. The molecular weight excluding hydrogens is 284 g/mol. The fourth-order valence-corrected chi connectivity index (χ4v) is 2.93. The van der Waals surface area contributed by atoms with Crippen LogP contribution in [0.2, 0.25) is 5.15 Å². The van der Waals surface area contributed by atoms with Crippen LogP contribution in [0.3, 0.4) is 0 Å². The Morgan fingerprint density at radius 1 is 1.33 bits per heavy atom. The van der Waals surface area contributed by atoms with Crippen molar-refractivity contribution in [2.45, 2.75) is 25.7 Å². The topological polar surface area (TPSA) is 42.0 Å². The molecule has 0 radical (unpaired) electrons. The average molecular weight is 301 g/mol. The first-order valence-electron chi connectivity index (χ1n) is 7.25. The van der Waals surface area contributed by atoms with Gasteiger partial charge in [-0.05, 0) is 37.1 Å². The first-order chi connectivity index (χ1) is 10.2. The summed E-state index contributed by atoms with van der Waals surface area (Å²) in [6.45, 7) is 0.650. The van der Waals surface area contributed by atoms with Crippen molar-refractivity contribution in [1.82, 2.24) is 10.3 Å². The number of pyridine rings is 1. The van der Waals surface area contributed by atoms with Crippen molar-refractivity contribution in [3.8, 4) is 0 Å². The molecule has 2 aromatic rings. The molecule has 0 atom stereocenters. The summed E-state index contributed by atoms with van der Waals surface area (Å²) in [5.41, 5.74) is 1.82. The Kier molecular flexibility index (Phi) is 4.20. The summed E-state index contributed by atoms with van der Waals surface area (Å²) in [5, 5.41) is 5.09. The van der Waals surface area contributed by atoms with Crippen LogP contribution in [0.25, 0.3) is 10.8 Å². The van der Waals surface area contributed by atoms with Crippen molar-refractivity contribution in [2.24, 2.45) is 0 Å². The molecule has 0 unspecified atom stereocenters. The molecule has 3 nitrogen and oxygen atoms in total. The Hall–Kier alpha value is -1.87. The molecule has 1 N–H and O–H groups in total. The first-order valence-corrected chi connectivity index (χ1v) is 7.63. The third kappa shape index (κ3) is 3.24. The molecule has 0 aliphatic heterocycles. The molecule has 0 saturated heterocycles. The minimum absolute atomic E-state index is 0.166. The van der Waals surface area contributed by atoms with Crippen molar-refractivity contribution < 1.29 is 4.79 Å². The maximum Gasteiger partial charge on any atom is 0.269 e. The summed E-state index contributed by atoms with van der Waals surface area (Å²) in [6, 6.07) is 9.45. The summed E-state index contributed by atoms with van der Waals surface area (Å²) in [6.07, 6.45) is 6.77. The van der Waals surface area contributed by atoms with Crippen LogP contribution in [0.15, 0.2) is 42.0 Å². The molecule has 21 heavy (non-hydrogen) atoms. The number of aromatic nitrogens is 1. The molecule has 1 aliphatic rings. The zero-order chi connectivity index (χ0) is 14.7. The zero-order valence-electron chi connectivity index (χ0n) is 11.7. The summed E-state index contributed by atoms with van der Waals surface area (Å²) in [7, 11) is 0. The number of nitrogens with zero attached hydrogens (tertiary/aromatic N) is 1. The number of fused-ring (bicyclic) bond motifs is 1. The molecule has 108 valence electrons. The molecule has 0 spiro atoms. The van der Waals surface area contributed by atoms with Gasteiger partial charge >= 0.3 is 0 Å². The molecular formula is C17H17ClN2O. The van der Waals surface area contributed by atoms with E-state index >= 15 is 0 Å². The van der Waals surface area contributed by atoms with E-state index in [2.05, 4.69) is 16.4 Å². The quantitative estimate of drug-likeness (QED) is 0.682. The van der Waals surface area contributed by atoms with Crippen molar-refractivity contribution >= 4 is 28.3 Å². The number of carbonyl (C=O) groups is 1. The van der Waals surface area contributed by atoms with Crippen LogP contribution in [-0.2, 0) is 0 Å². The van der Waals surface area contributed by atoms with E-state index in [1.54, 1.807) is 6.07 Å². The highest BCUT2D eigenvalue weighted by molar-refractivity contribution is 6.34. The monoisotopic (exact) mass is 300 g/mol. The largest absolute Gasteiger partial charge is 0.350 e. The van der Waals surface area contributed by atoms with E-state index in [1.807, 2.05) is 24.3 Å². The maximum atomic E-state index is 12.2. The molecule has 1 aromatic carbocycles. The van der Waals surface area contributed by atoms with Crippen molar-refractivity contribution in [3.63, 3.8) is 0 Å². The van der Waals surface area contributed by atoms with Crippen LogP contribution in [0.5, 0.6) is 0 Å². The average Bonchev–Trinajstić information content (AvgIpc) is 3.00. The first kappa shape index (κ1) is 14.1. The molecule has 0 fully saturated rings. The van der Waals surface area contributed by atoms with Gasteiger partial charge in [-0.1, -0.05) is 47.5 Å². The lowest BCUT2D eigenvalue weighted by Crippen LogP contribution is -2.25. The molecule has 1 aliphatic carbocycles. The molecule has 1 amide bonds. The second-order valence-electron chi connectivity index (χ2n) is 5.28. The lowest BCUT2D eigenvalue weighted by molar-refractivity contribution is 0.0949. The number of hydrogen-bond acceptors (Lipinski definition) is 2. The number of nitrogens with one attached hydrogen (secondary N) is 1. The third-order valence-electron chi connectivity index (χ3n) is 3.79. The van der Waals surface area contributed by atoms with E-state index in [-0.39, 0.29) is 5.91 Å². The predicted molar refractivity (Wildman–Crippen MR) is 85.6 cm³/mol. The van der Waals surface area contributed by atoms with Gasteiger partial charge in [0.15, 0.2) is 0 Å². The van der Waals surface area contributed by atoms with Gasteiger partial charge in [0, 0.05) is 11.9 Å². The smallest absolute Gasteiger partial charge is 0.269 e. The predicted octanol–water partition coefficient (Wildman–Crippen LogP) is 4.12. The van der Waals surface area contributed by atoms with Crippen LogP contribution in [0, 0.1) is 0 Å². The second kappa shape index (κ2) is 6.27. The van der Waals surface area contributed by atoms with Gasteiger partial charge in [0.2, 0.25) is 0 Å². The minimum atomic E-state index is -0.166. The highest BCUT2D eigenvalue weighted by Crippen LogP contribution is 2.22. The van der Waals surface area contributed by atoms with Crippen molar-refractivity contribution in [1.29, 1.82) is 0 Å². The van der Waals surface area contributed by atoms with E-state index in [0.29, 0.717) is 17.4 Å². The van der Waals surface area contributed by atoms with E-state index in [0.717, 1.165) is 23.6 Å². The van der Waals surface area contributed by atoms with Gasteiger partial charge in [0.05, 0.1) is 0 Å². The van der Waals surface area contributed by atoms with Crippen LogP contribution >= 0.6 is 11.6 Å². The van der Waals surface area contributed by atoms with Crippen molar-refractivity contribution in [3.05, 3.63) is 52.8 Å². The molecule has 0 saturated carbocycles. The summed E-state index contributed by atoms with van der Waals surface area (Å²) in [4.78, 5) is 16.4. The Bertz CT molecular complexity index is 709. The van der Waals surface area contributed by atoms with E-state index < -0.39 is 0 Å². The molecule has 1 aromatic heterocycles. The van der Waals surface area contributed by atoms with Gasteiger partial charge in [-0.25, -0.2) is 4.98 Å². The lowest BCUT2D eigenvalue weighted by atomic mass is 10.1. The number of carbonyl (C=O) groups excluding carboxylic acids is 1. The normalized spacial score (nSPS) is 14.2. The maximum absolute atomic E-state index is 12.2. The molecule has 3 rings (SSSR count). The van der Waals surface area contributed by atoms with Crippen LogP contribution in [0.4, 0.5) is 0 Å². The fourth-order valence-electron chi connectivity index (χ4n) is 2.66. The van der Waals surface area contributed by atoms with E-state index in [1.165, 1.54) is 18.4 Å². The second-order valence-corrected chi connectivity index (χ2v) is 5.64. The standard InChI is InChI=1S/C17H17ClN2O/c18-16-14-8-4-3-7-13(14)11-15(20-16)17(21)19-10-9-12-5-1-2-6-12/h3-5,7-8,11H,1-2,6,9-10H2,(H,19,21). The van der Waals surface area contributed by atoms with Crippen LogP contribution in [-0.4, -0.2) is 17.4 Å². The Balaban J connectivity index is 1.69. The Labute approximate surface area is 129 Å². The highest BCUT2D eigenvalue weighted by atomic mass is 35.5. The van der Waals surface area contributed by atoms with Crippen LogP contribution in [0.1, 0.15) is 36.2 Å². The Morgan fingerprint density at radius 2 is 2.19 bits per heavy atom. The third-order valence-corrected chi connectivity index (χ3v) is 4.08. The van der Waals surface area contributed by atoms with Gasteiger partial charge in [0.25, 0.3) is 5.91 Å². The van der Waals surface area contributed by atoms with Gasteiger partial charge in [0.1, 0.15) is 10.8 Å². The van der Waals surface area contributed by atoms with Gasteiger partial charge in [-0.15, -0.1) is 0 Å². The lowest BCUT2D eigenvalue weighted by Gasteiger charge is -2.07. The number of hydrogen-bond donors (Lipinski definition) is 1. The van der Waals surface area contributed by atoms with E-state index in [9.17, 15) is 4.79 Å². The van der Waals surface area contributed by atoms with Gasteiger partial charge < -0.3 is 5.32 Å². The zero-order valence-corrected chi connectivity index (χ0v) is 12.5. The van der Waals surface area contributed by atoms with Gasteiger partial charge in [-0.3, -0.25) is 4.79 Å². The SMILES string of the molecule is O=C(NCCC1=CCCC1)c1cc2ccccc2c(Cl)n1. The number of halogens is 1. The van der Waals surface area contributed by atoms with Crippen LogP contribution < -0.4 is 5.32 Å². The number of rotatable bonds is 4. The minimum Gasteiger partial charge on any atom is -0.350 e. The summed E-state index contributed by atoms with van der Waals surface area (Å²) >= 11 is 6.14. The van der Waals surface area contributed by atoms with Crippen molar-refractivity contribution in [2.75, 3.05) is 6.54 Å². The fraction of sp³-hybridized carbons (Fsp3) is 0.294. The number of benzene rings is 1. The number of allylic oxidation sites excluding steroid dienone is 1.